The summed E-state index contributed by atoms with van der Waals surface area (Å²) in [5.41, 5.74) is -1.20. The Labute approximate surface area is 153 Å². The maximum absolute atomic E-state index is 12.6. The van der Waals surface area contributed by atoms with Crippen LogP contribution in [-0.2, 0) is 23.5 Å². The van der Waals surface area contributed by atoms with Crippen molar-refractivity contribution >= 4 is 25.3 Å². The monoisotopic (exact) mass is 393 g/mol. The molecule has 0 aromatic carbocycles. The van der Waals surface area contributed by atoms with E-state index in [1.807, 2.05) is 13.1 Å². The second-order valence-corrected chi connectivity index (χ2v) is 11.8. The van der Waals surface area contributed by atoms with Gasteiger partial charge in [0.2, 0.25) is 0 Å². The molecule has 1 saturated heterocycles. The Morgan fingerprint density at radius 2 is 2.00 bits per heavy atom. The van der Waals surface area contributed by atoms with Gasteiger partial charge in [0, 0.05) is 13.0 Å². The number of carbonyl (C=O) groups excluding carboxylic acids is 1. The van der Waals surface area contributed by atoms with Crippen LogP contribution in [0.5, 0.6) is 0 Å². The Hall–Kier alpha value is -0.903. The van der Waals surface area contributed by atoms with Gasteiger partial charge in [-0.1, -0.05) is 33.4 Å². The summed E-state index contributed by atoms with van der Waals surface area (Å²) >= 11 is 0. The van der Waals surface area contributed by atoms with Crippen molar-refractivity contribution in [3.05, 3.63) is 12.7 Å². The van der Waals surface area contributed by atoms with E-state index in [9.17, 15) is 13.2 Å². The molecule has 0 aromatic heterocycles. The van der Waals surface area contributed by atoms with Gasteiger partial charge in [-0.15, -0.1) is 0 Å². The highest BCUT2D eigenvalue weighted by atomic mass is 32.2. The van der Waals surface area contributed by atoms with E-state index in [-0.39, 0.29) is 24.5 Å². The smallest absolute Gasteiger partial charge is 0.412 e. The van der Waals surface area contributed by atoms with Gasteiger partial charge in [-0.05, 0) is 24.4 Å². The fourth-order valence-corrected chi connectivity index (χ4v) is 4.46. The molecule has 7 nitrogen and oxygen atoms in total. The summed E-state index contributed by atoms with van der Waals surface area (Å²) in [6.45, 7) is 14.0. The van der Waals surface area contributed by atoms with Crippen molar-refractivity contribution in [3.63, 3.8) is 0 Å². The molecule has 0 N–H and O–H groups in total. The lowest BCUT2D eigenvalue weighted by atomic mass is 9.79. The molecule has 1 aliphatic rings. The number of amides is 1. The van der Waals surface area contributed by atoms with E-state index >= 15 is 0 Å². The largest absolute Gasteiger partial charge is 0.445 e. The number of likely N-dealkylation sites (tertiary alicyclic amines) is 1. The molecule has 146 valence electrons. The first-order chi connectivity index (χ1) is 11.3. The van der Waals surface area contributed by atoms with Crippen LogP contribution in [0.15, 0.2) is 12.7 Å². The van der Waals surface area contributed by atoms with Gasteiger partial charge in [-0.25, -0.2) is 4.79 Å². The fourth-order valence-electron chi connectivity index (χ4n) is 2.90. The van der Waals surface area contributed by atoms with Gasteiger partial charge in [0.05, 0.1) is 6.26 Å². The number of ether oxygens (including phenoxy) is 1. The Balaban J connectivity index is 3.22. The van der Waals surface area contributed by atoms with Crippen LogP contribution >= 0.6 is 0 Å². The molecule has 0 radical (unpaired) electrons. The minimum atomic E-state index is -3.66. The summed E-state index contributed by atoms with van der Waals surface area (Å²) in [6, 6.07) is 0. The lowest BCUT2D eigenvalue weighted by Crippen LogP contribution is -2.54. The highest BCUT2D eigenvalue weighted by molar-refractivity contribution is 7.85. The first-order valence-electron chi connectivity index (χ1n) is 8.38. The van der Waals surface area contributed by atoms with E-state index in [4.69, 9.17) is 13.3 Å². The number of rotatable bonds is 7. The van der Waals surface area contributed by atoms with E-state index < -0.39 is 31.0 Å². The minimum absolute atomic E-state index is 0.0777. The zero-order chi connectivity index (χ0) is 19.5. The molecular formula is C16H31NO6SSi. The first kappa shape index (κ1) is 22.1. The van der Waals surface area contributed by atoms with Crippen LogP contribution < -0.4 is 0 Å². The molecule has 1 aliphatic heterocycles. The molecule has 0 spiro atoms. The quantitative estimate of drug-likeness (QED) is 0.375. The highest BCUT2D eigenvalue weighted by Gasteiger charge is 2.53. The normalized spacial score (nSPS) is 24.6. The molecule has 0 bridgehead atoms. The molecule has 1 heterocycles. The van der Waals surface area contributed by atoms with Crippen LogP contribution in [-0.4, -0.2) is 60.2 Å². The molecule has 1 rings (SSSR count). The standard InChI is InChI=1S/C16H31NO6SSi/c1-8-9-21-14(18)17-11-13(15(2,3)4)10-16(17,23-25(6)7)12-22-24(5,19)20/h8,13,25H,1,9-12H2,2-7H3/t13-,16-/m0/s1. The lowest BCUT2D eigenvalue weighted by Gasteiger charge is -2.38. The van der Waals surface area contributed by atoms with Gasteiger partial charge >= 0.3 is 6.09 Å². The first-order valence-corrected chi connectivity index (χ1v) is 13.0. The maximum atomic E-state index is 12.6. The summed E-state index contributed by atoms with van der Waals surface area (Å²) in [5, 5.41) is 0. The molecule has 1 fully saturated rings. The van der Waals surface area contributed by atoms with Crippen molar-refractivity contribution in [3.8, 4) is 0 Å². The van der Waals surface area contributed by atoms with Gasteiger partial charge in [0.25, 0.3) is 10.1 Å². The number of hydrogen-bond acceptors (Lipinski definition) is 6. The van der Waals surface area contributed by atoms with Crippen molar-refractivity contribution < 1.29 is 26.6 Å². The van der Waals surface area contributed by atoms with E-state index in [1.165, 1.54) is 11.0 Å². The molecule has 0 unspecified atom stereocenters. The van der Waals surface area contributed by atoms with Crippen molar-refractivity contribution in [2.75, 3.05) is 26.0 Å². The van der Waals surface area contributed by atoms with Gasteiger partial charge in [0.15, 0.2) is 14.8 Å². The van der Waals surface area contributed by atoms with Crippen LogP contribution in [0.1, 0.15) is 27.2 Å². The molecule has 25 heavy (non-hydrogen) atoms. The van der Waals surface area contributed by atoms with Crippen LogP contribution in [0.25, 0.3) is 0 Å². The molecule has 0 saturated carbocycles. The molecular weight excluding hydrogens is 362 g/mol. The Kier molecular flexibility index (Phi) is 7.26. The fraction of sp³-hybridized carbons (Fsp3) is 0.812. The Morgan fingerprint density at radius 1 is 1.40 bits per heavy atom. The average Bonchev–Trinajstić information content (AvgIpc) is 2.81. The van der Waals surface area contributed by atoms with Crippen LogP contribution in [0.2, 0.25) is 13.1 Å². The second kappa shape index (κ2) is 8.19. The van der Waals surface area contributed by atoms with Crippen LogP contribution in [0.4, 0.5) is 4.79 Å². The maximum Gasteiger partial charge on any atom is 0.412 e. The van der Waals surface area contributed by atoms with Gasteiger partial charge in [-0.2, -0.15) is 8.42 Å². The predicted molar refractivity (Wildman–Crippen MR) is 99.3 cm³/mol. The zero-order valence-electron chi connectivity index (χ0n) is 16.1. The summed E-state index contributed by atoms with van der Waals surface area (Å²) in [7, 11) is -5.27. The van der Waals surface area contributed by atoms with Crippen molar-refractivity contribution in [1.82, 2.24) is 4.90 Å². The van der Waals surface area contributed by atoms with E-state index in [0.29, 0.717) is 13.0 Å². The Bertz CT molecular complexity index is 586. The molecule has 0 aromatic rings. The minimum Gasteiger partial charge on any atom is -0.445 e. The molecule has 0 aliphatic carbocycles. The van der Waals surface area contributed by atoms with E-state index in [0.717, 1.165) is 6.26 Å². The SMILES string of the molecule is C=CCOC(=O)N1C[C@@H](C(C)(C)C)C[C@@]1(COS(C)(=O)=O)O[SiH](C)C. The topological polar surface area (TPSA) is 82.1 Å². The van der Waals surface area contributed by atoms with E-state index in [2.05, 4.69) is 27.4 Å². The van der Waals surface area contributed by atoms with Crippen molar-refractivity contribution in [2.24, 2.45) is 11.3 Å². The van der Waals surface area contributed by atoms with Crippen LogP contribution in [0.3, 0.4) is 0 Å². The third kappa shape index (κ3) is 6.39. The van der Waals surface area contributed by atoms with Crippen LogP contribution in [0, 0.1) is 11.3 Å². The number of nitrogens with zero attached hydrogens (tertiary/aromatic N) is 1. The van der Waals surface area contributed by atoms with Gasteiger partial charge in [0.1, 0.15) is 13.2 Å². The highest BCUT2D eigenvalue weighted by Crippen LogP contribution is 2.44. The Morgan fingerprint density at radius 3 is 2.44 bits per heavy atom. The predicted octanol–water partition coefficient (Wildman–Crippen LogP) is 2.35. The van der Waals surface area contributed by atoms with Gasteiger partial charge in [-0.3, -0.25) is 9.08 Å². The third-order valence-corrected chi connectivity index (χ3v) is 5.64. The molecule has 9 heteroatoms. The van der Waals surface area contributed by atoms with E-state index in [1.54, 1.807) is 0 Å². The number of hydrogen-bond donors (Lipinski definition) is 0. The van der Waals surface area contributed by atoms with Crippen molar-refractivity contribution in [1.29, 1.82) is 0 Å². The summed E-state index contributed by atoms with van der Waals surface area (Å²) in [5.74, 6) is 0.125. The molecule has 1 amide bonds. The third-order valence-electron chi connectivity index (χ3n) is 4.18. The average molecular weight is 394 g/mol. The van der Waals surface area contributed by atoms with Gasteiger partial charge < -0.3 is 9.16 Å². The summed E-state index contributed by atoms with van der Waals surface area (Å²) in [6.07, 6.45) is 2.44. The lowest BCUT2D eigenvalue weighted by molar-refractivity contribution is -0.0780. The second-order valence-electron chi connectivity index (χ2n) is 7.82. The van der Waals surface area contributed by atoms with Crippen molar-refractivity contribution in [2.45, 2.75) is 46.0 Å². The summed E-state index contributed by atoms with van der Waals surface area (Å²) < 4.78 is 39.5. The summed E-state index contributed by atoms with van der Waals surface area (Å²) in [4.78, 5) is 14.1. The zero-order valence-corrected chi connectivity index (χ0v) is 18.0. The molecule has 2 atom stereocenters. The number of carbonyl (C=O) groups is 1.